The van der Waals surface area contributed by atoms with Crippen molar-refractivity contribution in [3.63, 3.8) is 0 Å². The van der Waals surface area contributed by atoms with Crippen LogP contribution in [0.4, 0.5) is 0 Å². The van der Waals surface area contributed by atoms with E-state index in [1.165, 1.54) is 0 Å². The quantitative estimate of drug-likeness (QED) is 0.693. The van der Waals surface area contributed by atoms with E-state index in [0.29, 0.717) is 25.0 Å². The summed E-state index contributed by atoms with van der Waals surface area (Å²) in [6.45, 7) is 4.24. The van der Waals surface area contributed by atoms with E-state index in [4.69, 9.17) is 4.74 Å². The first-order valence-electron chi connectivity index (χ1n) is 8.61. The summed E-state index contributed by atoms with van der Waals surface area (Å²) in [5.74, 6) is -2.03. The fourth-order valence-corrected chi connectivity index (χ4v) is 6.24. The Labute approximate surface area is 143 Å². The maximum Gasteiger partial charge on any atom is 0.311 e. The second kappa shape index (κ2) is 8.28. The zero-order chi connectivity index (χ0) is 17.7. The lowest BCUT2D eigenvalue weighted by Gasteiger charge is -2.34. The van der Waals surface area contributed by atoms with Gasteiger partial charge in [0.2, 0.25) is 7.37 Å². The maximum atomic E-state index is 13.3. The minimum atomic E-state index is -3.74. The molecule has 2 rings (SSSR count). The highest BCUT2D eigenvalue weighted by molar-refractivity contribution is 7.59. The van der Waals surface area contributed by atoms with Gasteiger partial charge in [0, 0.05) is 6.61 Å². The molecule has 6 heteroatoms. The number of carboxylic acids is 1. The zero-order valence-electron chi connectivity index (χ0n) is 14.3. The lowest BCUT2D eigenvalue weighted by Crippen LogP contribution is -2.33. The van der Waals surface area contributed by atoms with Crippen molar-refractivity contribution in [2.24, 2.45) is 0 Å². The fourth-order valence-electron chi connectivity index (χ4n) is 3.57. The van der Waals surface area contributed by atoms with Crippen molar-refractivity contribution in [2.75, 3.05) is 6.61 Å². The fraction of sp³-hybridized carbons (Fsp3) is 0.611. The normalized spacial score (nSPS) is 24.0. The number of benzene rings is 1. The van der Waals surface area contributed by atoms with Crippen molar-refractivity contribution in [1.82, 2.24) is 0 Å². The van der Waals surface area contributed by atoms with Crippen LogP contribution in [0, 0.1) is 0 Å². The standard InChI is InChI=1S/C18H27O5P/c1-3-8-16(17(18(19)20)14-9-5-4-6-10-14)24(21,22)13(2)15-11-7-12-23-15/h4-6,9-10,13,15-17H,3,7-8,11-12H2,1-2H3,(H,19,20)(H,21,22). The Morgan fingerprint density at radius 1 is 1.38 bits per heavy atom. The average Bonchev–Trinajstić information content (AvgIpc) is 3.08. The summed E-state index contributed by atoms with van der Waals surface area (Å²) in [4.78, 5) is 22.9. The molecule has 1 saturated heterocycles. The van der Waals surface area contributed by atoms with Crippen molar-refractivity contribution in [2.45, 2.75) is 62.9 Å². The SMILES string of the molecule is CCCC(C(C(=O)O)c1ccccc1)P(=O)(O)C(C)C1CCCO1. The van der Waals surface area contributed by atoms with Crippen molar-refractivity contribution in [1.29, 1.82) is 0 Å². The van der Waals surface area contributed by atoms with Gasteiger partial charge in [-0.2, -0.15) is 0 Å². The number of carboxylic acid groups (broad SMARTS) is 1. The maximum absolute atomic E-state index is 13.3. The number of hydrogen-bond donors (Lipinski definition) is 2. The zero-order valence-corrected chi connectivity index (χ0v) is 15.2. The second-order valence-electron chi connectivity index (χ2n) is 6.55. The van der Waals surface area contributed by atoms with Gasteiger partial charge in [-0.15, -0.1) is 0 Å². The van der Waals surface area contributed by atoms with Crippen LogP contribution in [-0.4, -0.2) is 40.0 Å². The highest BCUT2D eigenvalue weighted by atomic mass is 31.2. The number of carbonyl (C=O) groups is 1. The summed E-state index contributed by atoms with van der Waals surface area (Å²) < 4.78 is 18.9. The highest BCUT2D eigenvalue weighted by Gasteiger charge is 2.47. The average molecular weight is 354 g/mol. The van der Waals surface area contributed by atoms with Gasteiger partial charge in [-0.25, -0.2) is 0 Å². The van der Waals surface area contributed by atoms with Gasteiger partial charge >= 0.3 is 5.97 Å². The molecule has 1 aliphatic rings. The van der Waals surface area contributed by atoms with E-state index in [2.05, 4.69) is 0 Å². The summed E-state index contributed by atoms with van der Waals surface area (Å²) in [5, 5.41) is 9.77. The predicted octanol–water partition coefficient (Wildman–Crippen LogP) is 3.86. The van der Waals surface area contributed by atoms with E-state index < -0.39 is 30.6 Å². The van der Waals surface area contributed by atoms with E-state index in [-0.39, 0.29) is 6.10 Å². The topological polar surface area (TPSA) is 83.8 Å². The highest BCUT2D eigenvalue weighted by Crippen LogP contribution is 2.59. The molecule has 5 unspecified atom stereocenters. The summed E-state index contributed by atoms with van der Waals surface area (Å²) in [6.07, 6.45) is 2.44. The molecule has 0 saturated carbocycles. The second-order valence-corrected chi connectivity index (χ2v) is 9.37. The van der Waals surface area contributed by atoms with E-state index in [9.17, 15) is 19.4 Å². The van der Waals surface area contributed by atoms with Crippen LogP contribution < -0.4 is 0 Å². The summed E-state index contributed by atoms with van der Waals surface area (Å²) in [7, 11) is -3.74. The lowest BCUT2D eigenvalue weighted by molar-refractivity contribution is -0.139. The molecule has 1 aliphatic heterocycles. The van der Waals surface area contributed by atoms with Gasteiger partial charge < -0.3 is 14.7 Å². The van der Waals surface area contributed by atoms with Gasteiger partial charge in [0.15, 0.2) is 0 Å². The van der Waals surface area contributed by atoms with Crippen LogP contribution in [0.5, 0.6) is 0 Å². The van der Waals surface area contributed by atoms with Gasteiger partial charge in [0.1, 0.15) is 0 Å². The minimum Gasteiger partial charge on any atom is -0.481 e. The monoisotopic (exact) mass is 354 g/mol. The van der Waals surface area contributed by atoms with E-state index >= 15 is 0 Å². The molecule has 1 heterocycles. The molecule has 0 aliphatic carbocycles. The molecule has 2 N–H and O–H groups in total. The van der Waals surface area contributed by atoms with Crippen LogP contribution in [0.3, 0.4) is 0 Å². The molecule has 1 aromatic carbocycles. The molecule has 24 heavy (non-hydrogen) atoms. The number of aliphatic carboxylic acids is 1. The van der Waals surface area contributed by atoms with Gasteiger partial charge in [-0.3, -0.25) is 9.36 Å². The minimum absolute atomic E-state index is 0.259. The lowest BCUT2D eigenvalue weighted by atomic mass is 9.93. The molecule has 5 atom stereocenters. The van der Waals surface area contributed by atoms with Crippen LogP contribution in [0.25, 0.3) is 0 Å². The molecule has 0 aromatic heterocycles. The Morgan fingerprint density at radius 2 is 2.04 bits per heavy atom. The summed E-state index contributed by atoms with van der Waals surface area (Å²) in [5.41, 5.74) is -0.777. The third-order valence-corrected chi connectivity index (χ3v) is 7.96. The third kappa shape index (κ3) is 4.08. The van der Waals surface area contributed by atoms with Crippen molar-refractivity contribution < 1.29 is 24.1 Å². The van der Waals surface area contributed by atoms with Gasteiger partial charge in [0.05, 0.1) is 23.3 Å². The van der Waals surface area contributed by atoms with Gasteiger partial charge in [-0.05, 0) is 24.8 Å². The van der Waals surface area contributed by atoms with Gasteiger partial charge in [0.25, 0.3) is 0 Å². The Kier molecular flexibility index (Phi) is 6.62. The van der Waals surface area contributed by atoms with Crippen LogP contribution in [0.1, 0.15) is 51.0 Å². The van der Waals surface area contributed by atoms with Crippen LogP contribution in [0.15, 0.2) is 30.3 Å². The number of hydrogen-bond acceptors (Lipinski definition) is 3. The van der Waals surface area contributed by atoms with Crippen molar-refractivity contribution in [3.8, 4) is 0 Å². The van der Waals surface area contributed by atoms with Gasteiger partial charge in [-0.1, -0.05) is 50.6 Å². The number of ether oxygens (including phenoxy) is 1. The molecule has 0 bridgehead atoms. The molecule has 5 nitrogen and oxygen atoms in total. The molecular weight excluding hydrogens is 327 g/mol. The third-order valence-electron chi connectivity index (χ3n) is 4.96. The molecule has 0 amide bonds. The van der Waals surface area contributed by atoms with Crippen molar-refractivity contribution in [3.05, 3.63) is 35.9 Å². The molecule has 0 spiro atoms. The predicted molar refractivity (Wildman–Crippen MR) is 93.8 cm³/mol. The molecule has 1 aromatic rings. The first kappa shape index (κ1) is 19.2. The van der Waals surface area contributed by atoms with E-state index in [1.54, 1.807) is 31.2 Å². The summed E-state index contributed by atoms with van der Waals surface area (Å²) >= 11 is 0. The molecular formula is C18H27O5P. The molecule has 134 valence electrons. The van der Waals surface area contributed by atoms with Crippen LogP contribution in [0.2, 0.25) is 0 Å². The largest absolute Gasteiger partial charge is 0.481 e. The Morgan fingerprint density at radius 3 is 2.54 bits per heavy atom. The first-order chi connectivity index (χ1) is 11.4. The first-order valence-corrected chi connectivity index (χ1v) is 10.4. The number of rotatable bonds is 8. The summed E-state index contributed by atoms with van der Waals surface area (Å²) in [6, 6.07) is 8.78. The Balaban J connectivity index is 2.37. The van der Waals surface area contributed by atoms with Crippen LogP contribution >= 0.6 is 7.37 Å². The Bertz CT molecular complexity index is 582. The Hall–Kier alpha value is -1.16. The van der Waals surface area contributed by atoms with E-state index in [1.807, 2.05) is 13.0 Å². The molecule has 1 fully saturated rings. The van der Waals surface area contributed by atoms with Crippen LogP contribution in [-0.2, 0) is 14.1 Å². The smallest absolute Gasteiger partial charge is 0.311 e. The molecule has 0 radical (unpaired) electrons. The van der Waals surface area contributed by atoms with E-state index in [0.717, 1.165) is 12.8 Å². The van der Waals surface area contributed by atoms with Crippen molar-refractivity contribution >= 4 is 13.3 Å².